The Balaban J connectivity index is 2.16. The van der Waals surface area contributed by atoms with Crippen LogP contribution in [0.15, 0.2) is 18.2 Å². The smallest absolute Gasteiger partial charge is 0.239 e. The zero-order valence-corrected chi connectivity index (χ0v) is 11.0. The maximum atomic E-state index is 13.6. The molecule has 1 amide bonds. The van der Waals surface area contributed by atoms with Crippen LogP contribution in [0.2, 0.25) is 5.02 Å². The minimum atomic E-state index is -0.322. The van der Waals surface area contributed by atoms with E-state index in [1.54, 1.807) is 11.0 Å². The summed E-state index contributed by atoms with van der Waals surface area (Å²) in [5, 5.41) is 3.61. The van der Waals surface area contributed by atoms with Crippen molar-refractivity contribution in [2.75, 3.05) is 13.1 Å². The first-order valence-electron chi connectivity index (χ1n) is 6.04. The molecule has 1 aromatic rings. The quantitative estimate of drug-likeness (QED) is 0.893. The van der Waals surface area contributed by atoms with Crippen molar-refractivity contribution in [3.05, 3.63) is 34.6 Å². The topological polar surface area (TPSA) is 32.3 Å². The Bertz CT molecular complexity index is 453. The highest BCUT2D eigenvalue weighted by molar-refractivity contribution is 6.30. The Hall–Kier alpha value is -1.13. The summed E-state index contributed by atoms with van der Waals surface area (Å²) in [6, 6.07) is 4.21. The van der Waals surface area contributed by atoms with E-state index in [4.69, 9.17) is 11.6 Å². The van der Waals surface area contributed by atoms with Crippen molar-refractivity contribution < 1.29 is 9.18 Å². The van der Waals surface area contributed by atoms with Gasteiger partial charge in [-0.2, -0.15) is 0 Å². The van der Waals surface area contributed by atoms with Gasteiger partial charge in [-0.05, 0) is 38.1 Å². The Morgan fingerprint density at radius 2 is 2.33 bits per heavy atom. The Labute approximate surface area is 111 Å². The fraction of sp³-hybridized carbons (Fsp3) is 0.462. The summed E-state index contributed by atoms with van der Waals surface area (Å²) in [6.45, 7) is 3.55. The molecular formula is C13H16ClFN2O. The van der Waals surface area contributed by atoms with E-state index in [0.717, 1.165) is 13.0 Å². The molecule has 1 fully saturated rings. The molecule has 5 heteroatoms. The molecule has 1 N–H and O–H groups in total. The molecule has 0 bridgehead atoms. The van der Waals surface area contributed by atoms with Crippen molar-refractivity contribution in [3.8, 4) is 0 Å². The van der Waals surface area contributed by atoms with Gasteiger partial charge in [0.25, 0.3) is 0 Å². The summed E-state index contributed by atoms with van der Waals surface area (Å²) in [7, 11) is 0. The Kier molecular flexibility index (Phi) is 4.19. The van der Waals surface area contributed by atoms with Gasteiger partial charge in [-0.1, -0.05) is 11.6 Å². The number of halogens is 2. The van der Waals surface area contributed by atoms with Gasteiger partial charge in [0, 0.05) is 23.7 Å². The monoisotopic (exact) mass is 270 g/mol. The largest absolute Gasteiger partial charge is 0.337 e. The summed E-state index contributed by atoms with van der Waals surface area (Å²) >= 11 is 5.85. The third-order valence-electron chi connectivity index (χ3n) is 3.11. The number of nitrogens with one attached hydrogen (secondary N) is 1. The average Bonchev–Trinajstić information content (AvgIpc) is 2.49. The van der Waals surface area contributed by atoms with Crippen LogP contribution >= 0.6 is 11.6 Å². The molecule has 1 aromatic carbocycles. The molecule has 0 aromatic heterocycles. The van der Waals surface area contributed by atoms with E-state index >= 15 is 0 Å². The maximum absolute atomic E-state index is 13.6. The number of hydrogen-bond donors (Lipinski definition) is 1. The molecule has 1 heterocycles. The number of amides is 1. The lowest BCUT2D eigenvalue weighted by atomic mass is 10.2. The lowest BCUT2D eigenvalue weighted by Crippen LogP contribution is -2.41. The van der Waals surface area contributed by atoms with E-state index in [1.807, 2.05) is 6.92 Å². The van der Waals surface area contributed by atoms with Crippen LogP contribution < -0.4 is 5.32 Å². The lowest BCUT2D eigenvalue weighted by molar-refractivity contribution is -0.132. The molecule has 1 saturated heterocycles. The third kappa shape index (κ3) is 3.00. The second kappa shape index (κ2) is 5.67. The minimum Gasteiger partial charge on any atom is -0.337 e. The molecule has 18 heavy (non-hydrogen) atoms. The highest BCUT2D eigenvalue weighted by Crippen LogP contribution is 2.17. The van der Waals surface area contributed by atoms with Crippen LogP contribution in [-0.4, -0.2) is 29.9 Å². The summed E-state index contributed by atoms with van der Waals surface area (Å²) in [4.78, 5) is 13.7. The van der Waals surface area contributed by atoms with E-state index in [2.05, 4.69) is 5.32 Å². The molecule has 0 spiro atoms. The number of hydrogen-bond acceptors (Lipinski definition) is 2. The van der Waals surface area contributed by atoms with Crippen molar-refractivity contribution in [2.45, 2.75) is 25.9 Å². The molecule has 1 aliphatic heterocycles. The second-order valence-corrected chi connectivity index (χ2v) is 4.96. The third-order valence-corrected chi connectivity index (χ3v) is 3.34. The molecular weight excluding hydrogens is 255 g/mol. The maximum Gasteiger partial charge on any atom is 0.239 e. The molecule has 2 rings (SSSR count). The fourth-order valence-corrected chi connectivity index (χ4v) is 2.28. The van der Waals surface area contributed by atoms with Crippen LogP contribution in [0.3, 0.4) is 0 Å². The SMILES string of the molecule is CC1NCCCN(Cc2cc(Cl)ccc2F)C1=O. The first-order chi connectivity index (χ1) is 8.58. The van der Waals surface area contributed by atoms with E-state index in [0.29, 0.717) is 17.1 Å². The zero-order chi connectivity index (χ0) is 13.1. The number of carbonyl (C=O) groups excluding carboxylic acids is 1. The molecule has 0 saturated carbocycles. The first-order valence-corrected chi connectivity index (χ1v) is 6.42. The van der Waals surface area contributed by atoms with Gasteiger partial charge in [0.2, 0.25) is 5.91 Å². The van der Waals surface area contributed by atoms with Gasteiger partial charge in [-0.15, -0.1) is 0 Å². The van der Waals surface area contributed by atoms with E-state index < -0.39 is 0 Å². The van der Waals surface area contributed by atoms with Crippen molar-refractivity contribution in [3.63, 3.8) is 0 Å². The van der Waals surface area contributed by atoms with Crippen LogP contribution in [-0.2, 0) is 11.3 Å². The normalized spacial score (nSPS) is 20.9. The zero-order valence-electron chi connectivity index (χ0n) is 10.2. The number of rotatable bonds is 2. The number of carbonyl (C=O) groups is 1. The Morgan fingerprint density at radius 3 is 3.11 bits per heavy atom. The molecule has 98 valence electrons. The van der Waals surface area contributed by atoms with Gasteiger partial charge >= 0.3 is 0 Å². The van der Waals surface area contributed by atoms with Crippen molar-refractivity contribution in [1.29, 1.82) is 0 Å². The average molecular weight is 271 g/mol. The van der Waals surface area contributed by atoms with Gasteiger partial charge in [0.15, 0.2) is 0 Å². The van der Waals surface area contributed by atoms with Gasteiger partial charge in [0.05, 0.1) is 6.04 Å². The highest BCUT2D eigenvalue weighted by Gasteiger charge is 2.23. The predicted octanol–water partition coefficient (Wildman–Crippen LogP) is 2.19. The molecule has 1 unspecified atom stereocenters. The fourth-order valence-electron chi connectivity index (χ4n) is 2.09. The predicted molar refractivity (Wildman–Crippen MR) is 68.9 cm³/mol. The van der Waals surface area contributed by atoms with Gasteiger partial charge in [0.1, 0.15) is 5.82 Å². The van der Waals surface area contributed by atoms with Crippen LogP contribution in [0, 0.1) is 5.82 Å². The van der Waals surface area contributed by atoms with Gasteiger partial charge in [-0.3, -0.25) is 4.79 Å². The second-order valence-electron chi connectivity index (χ2n) is 4.52. The summed E-state index contributed by atoms with van der Waals surface area (Å²) in [6.07, 6.45) is 0.873. The standard InChI is InChI=1S/C13H16ClFN2O/c1-9-13(18)17(6-2-5-16-9)8-10-7-11(14)3-4-12(10)15/h3-4,7,9,16H,2,5-6,8H2,1H3. The molecule has 1 atom stereocenters. The highest BCUT2D eigenvalue weighted by atomic mass is 35.5. The van der Waals surface area contributed by atoms with Crippen LogP contribution in [0.25, 0.3) is 0 Å². The summed E-state index contributed by atoms with van der Waals surface area (Å²) in [5.74, 6) is -0.316. The molecule has 3 nitrogen and oxygen atoms in total. The Morgan fingerprint density at radius 1 is 1.56 bits per heavy atom. The van der Waals surface area contributed by atoms with Crippen molar-refractivity contribution in [1.82, 2.24) is 10.2 Å². The van der Waals surface area contributed by atoms with E-state index in [-0.39, 0.29) is 24.3 Å². The number of nitrogens with zero attached hydrogens (tertiary/aromatic N) is 1. The van der Waals surface area contributed by atoms with Crippen molar-refractivity contribution >= 4 is 17.5 Å². The van der Waals surface area contributed by atoms with Gasteiger partial charge in [-0.25, -0.2) is 4.39 Å². The molecule has 0 radical (unpaired) electrons. The van der Waals surface area contributed by atoms with Crippen molar-refractivity contribution in [2.24, 2.45) is 0 Å². The van der Waals surface area contributed by atoms with E-state index in [1.165, 1.54) is 12.1 Å². The number of benzene rings is 1. The van der Waals surface area contributed by atoms with Crippen LogP contribution in [0.1, 0.15) is 18.9 Å². The van der Waals surface area contributed by atoms with Crippen LogP contribution in [0.4, 0.5) is 4.39 Å². The molecule has 1 aliphatic rings. The molecule has 0 aliphatic carbocycles. The van der Waals surface area contributed by atoms with Crippen LogP contribution in [0.5, 0.6) is 0 Å². The first kappa shape index (κ1) is 13.3. The summed E-state index contributed by atoms with van der Waals surface area (Å²) < 4.78 is 13.6. The summed E-state index contributed by atoms with van der Waals surface area (Å²) in [5.41, 5.74) is 0.463. The van der Waals surface area contributed by atoms with Gasteiger partial charge < -0.3 is 10.2 Å². The lowest BCUT2D eigenvalue weighted by Gasteiger charge is -2.23. The van der Waals surface area contributed by atoms with E-state index in [9.17, 15) is 9.18 Å². The minimum absolute atomic E-state index is 0.00637.